The van der Waals surface area contributed by atoms with Crippen LogP contribution in [0.1, 0.15) is 24.1 Å². The summed E-state index contributed by atoms with van der Waals surface area (Å²) in [5.41, 5.74) is 3.48. The van der Waals surface area contributed by atoms with E-state index in [-0.39, 0.29) is 0 Å². The van der Waals surface area contributed by atoms with Crippen LogP contribution in [0.3, 0.4) is 0 Å². The number of hydrogen-bond acceptors (Lipinski definition) is 3. The standard InChI is InChI=1S/C15H15BrN2OS/c1-19-13-7-6-9(8-11(13)16)14-17-12-5-3-2-4-10(12)15(20)18-14/h6-8H,2-5H2,1H3,(H,17,18,20). The normalized spacial score (nSPS) is 13.9. The average Bonchev–Trinajstić information content (AvgIpc) is 2.47. The fourth-order valence-corrected chi connectivity index (χ4v) is 3.43. The average molecular weight is 351 g/mol. The highest BCUT2D eigenvalue weighted by Gasteiger charge is 2.14. The van der Waals surface area contributed by atoms with Crippen LogP contribution >= 0.6 is 28.1 Å². The molecule has 1 aromatic carbocycles. The summed E-state index contributed by atoms with van der Waals surface area (Å²) in [4.78, 5) is 8.00. The molecule has 20 heavy (non-hydrogen) atoms. The van der Waals surface area contributed by atoms with Crippen LogP contribution in [-0.4, -0.2) is 17.1 Å². The minimum absolute atomic E-state index is 0.736. The lowest BCUT2D eigenvalue weighted by Gasteiger charge is -2.16. The lowest BCUT2D eigenvalue weighted by Crippen LogP contribution is -2.08. The summed E-state index contributed by atoms with van der Waals surface area (Å²) in [7, 11) is 1.66. The van der Waals surface area contributed by atoms with E-state index in [1.165, 1.54) is 24.1 Å². The first kappa shape index (κ1) is 13.8. The van der Waals surface area contributed by atoms with E-state index < -0.39 is 0 Å². The minimum atomic E-state index is 0.736. The number of aromatic amines is 1. The molecule has 3 nitrogen and oxygen atoms in total. The molecule has 1 aliphatic rings. The van der Waals surface area contributed by atoms with Gasteiger partial charge in [0.05, 0.1) is 11.6 Å². The topological polar surface area (TPSA) is 37.9 Å². The quantitative estimate of drug-likeness (QED) is 0.812. The van der Waals surface area contributed by atoms with E-state index in [1.54, 1.807) is 7.11 Å². The van der Waals surface area contributed by atoms with Crippen molar-refractivity contribution < 1.29 is 4.74 Å². The number of H-pyrrole nitrogens is 1. The Morgan fingerprint density at radius 3 is 2.85 bits per heavy atom. The van der Waals surface area contributed by atoms with Gasteiger partial charge >= 0.3 is 0 Å². The molecule has 1 heterocycles. The number of aryl methyl sites for hydroxylation is 1. The number of methoxy groups -OCH3 is 1. The number of benzene rings is 1. The number of nitrogens with one attached hydrogen (secondary N) is 1. The van der Waals surface area contributed by atoms with Gasteiger partial charge in [0.15, 0.2) is 0 Å². The van der Waals surface area contributed by atoms with Crippen LogP contribution in [0, 0.1) is 4.64 Å². The van der Waals surface area contributed by atoms with Crippen LogP contribution in [0.2, 0.25) is 0 Å². The largest absolute Gasteiger partial charge is 0.496 e. The molecule has 0 saturated heterocycles. The number of nitrogens with zero attached hydrogens (tertiary/aromatic N) is 1. The van der Waals surface area contributed by atoms with Crippen LogP contribution < -0.4 is 4.74 Å². The third-order valence-electron chi connectivity index (χ3n) is 3.63. The Morgan fingerprint density at radius 1 is 1.30 bits per heavy atom. The highest BCUT2D eigenvalue weighted by Crippen LogP contribution is 2.30. The molecule has 0 radical (unpaired) electrons. The molecule has 0 aliphatic heterocycles. The molecule has 1 aliphatic carbocycles. The molecule has 0 bridgehead atoms. The van der Waals surface area contributed by atoms with E-state index in [0.717, 1.165) is 39.1 Å². The second-order valence-corrected chi connectivity index (χ2v) is 6.15. The van der Waals surface area contributed by atoms with Gasteiger partial charge in [0, 0.05) is 16.8 Å². The molecule has 3 rings (SSSR count). The van der Waals surface area contributed by atoms with E-state index in [0.29, 0.717) is 0 Å². The first-order valence-corrected chi connectivity index (χ1v) is 7.85. The molecule has 0 unspecified atom stereocenters. The lowest BCUT2D eigenvalue weighted by atomic mass is 9.97. The lowest BCUT2D eigenvalue weighted by molar-refractivity contribution is 0.412. The summed E-state index contributed by atoms with van der Waals surface area (Å²) in [6.45, 7) is 0. The van der Waals surface area contributed by atoms with Crippen molar-refractivity contribution in [2.75, 3.05) is 7.11 Å². The molecule has 0 fully saturated rings. The Hall–Kier alpha value is -1.20. The Morgan fingerprint density at radius 2 is 2.10 bits per heavy atom. The predicted molar refractivity (Wildman–Crippen MR) is 85.8 cm³/mol. The summed E-state index contributed by atoms with van der Waals surface area (Å²) < 4.78 is 6.90. The summed E-state index contributed by atoms with van der Waals surface area (Å²) in [6.07, 6.45) is 4.53. The van der Waals surface area contributed by atoms with Crippen molar-refractivity contribution in [1.29, 1.82) is 0 Å². The zero-order valence-electron chi connectivity index (χ0n) is 11.2. The van der Waals surface area contributed by atoms with Crippen molar-refractivity contribution in [1.82, 2.24) is 9.97 Å². The molecular weight excluding hydrogens is 336 g/mol. The molecule has 0 saturated carbocycles. The van der Waals surface area contributed by atoms with Crippen LogP contribution in [0.15, 0.2) is 22.7 Å². The Labute approximate surface area is 131 Å². The molecule has 0 atom stereocenters. The van der Waals surface area contributed by atoms with Crippen molar-refractivity contribution in [3.8, 4) is 17.1 Å². The maximum atomic E-state index is 5.44. The molecule has 2 aromatic rings. The van der Waals surface area contributed by atoms with E-state index in [4.69, 9.17) is 17.0 Å². The SMILES string of the molecule is COc1ccc(-c2nc(=S)c3c([nH]2)CCCC3)cc1Br. The van der Waals surface area contributed by atoms with Gasteiger partial charge in [-0.3, -0.25) is 0 Å². The third-order valence-corrected chi connectivity index (χ3v) is 4.59. The monoisotopic (exact) mass is 350 g/mol. The summed E-state index contributed by atoms with van der Waals surface area (Å²) in [5.74, 6) is 1.64. The van der Waals surface area contributed by atoms with Crippen LogP contribution in [-0.2, 0) is 12.8 Å². The summed E-state index contributed by atoms with van der Waals surface area (Å²) in [5, 5.41) is 0. The number of ether oxygens (including phenoxy) is 1. The smallest absolute Gasteiger partial charge is 0.139 e. The van der Waals surface area contributed by atoms with Gasteiger partial charge in [0.1, 0.15) is 16.2 Å². The highest BCUT2D eigenvalue weighted by atomic mass is 79.9. The van der Waals surface area contributed by atoms with E-state index in [2.05, 4.69) is 25.9 Å². The Balaban J connectivity index is 2.08. The zero-order chi connectivity index (χ0) is 14.1. The van der Waals surface area contributed by atoms with Gasteiger partial charge in [-0.2, -0.15) is 0 Å². The minimum Gasteiger partial charge on any atom is -0.496 e. The first-order valence-electron chi connectivity index (χ1n) is 6.65. The maximum Gasteiger partial charge on any atom is 0.139 e. The van der Waals surface area contributed by atoms with Gasteiger partial charge in [-0.15, -0.1) is 0 Å². The van der Waals surface area contributed by atoms with Crippen molar-refractivity contribution in [2.24, 2.45) is 0 Å². The van der Waals surface area contributed by atoms with Crippen molar-refractivity contribution in [2.45, 2.75) is 25.7 Å². The van der Waals surface area contributed by atoms with E-state index in [9.17, 15) is 0 Å². The van der Waals surface area contributed by atoms with Crippen molar-refractivity contribution in [3.63, 3.8) is 0 Å². The first-order chi connectivity index (χ1) is 9.69. The second-order valence-electron chi connectivity index (χ2n) is 4.90. The highest BCUT2D eigenvalue weighted by molar-refractivity contribution is 9.10. The number of rotatable bonds is 2. The van der Waals surface area contributed by atoms with Gasteiger partial charge in [-0.25, -0.2) is 4.98 Å². The van der Waals surface area contributed by atoms with E-state index in [1.807, 2.05) is 18.2 Å². The van der Waals surface area contributed by atoms with Gasteiger partial charge in [-0.1, -0.05) is 12.2 Å². The van der Waals surface area contributed by atoms with Gasteiger partial charge < -0.3 is 9.72 Å². The number of hydrogen-bond donors (Lipinski definition) is 1. The number of fused-ring (bicyclic) bond motifs is 1. The molecule has 0 amide bonds. The molecule has 1 aromatic heterocycles. The van der Waals surface area contributed by atoms with Crippen LogP contribution in [0.25, 0.3) is 11.4 Å². The van der Waals surface area contributed by atoms with Gasteiger partial charge in [0.2, 0.25) is 0 Å². The maximum absolute atomic E-state index is 5.44. The van der Waals surface area contributed by atoms with Crippen molar-refractivity contribution in [3.05, 3.63) is 38.6 Å². The van der Waals surface area contributed by atoms with Gasteiger partial charge in [0.25, 0.3) is 0 Å². The zero-order valence-corrected chi connectivity index (χ0v) is 13.6. The fourth-order valence-electron chi connectivity index (χ4n) is 2.57. The molecule has 104 valence electrons. The second kappa shape index (κ2) is 5.66. The summed E-state index contributed by atoms with van der Waals surface area (Å²) in [6, 6.07) is 5.92. The number of aromatic nitrogens is 2. The van der Waals surface area contributed by atoms with Crippen LogP contribution in [0.4, 0.5) is 0 Å². The van der Waals surface area contributed by atoms with E-state index >= 15 is 0 Å². The fraction of sp³-hybridized carbons (Fsp3) is 0.333. The molecular formula is C15H15BrN2OS. The number of halogens is 1. The molecule has 5 heteroatoms. The Kier molecular flexibility index (Phi) is 3.89. The summed E-state index contributed by atoms with van der Waals surface area (Å²) >= 11 is 8.95. The predicted octanol–water partition coefficient (Wildman–Crippen LogP) is 4.46. The molecule has 1 N–H and O–H groups in total. The van der Waals surface area contributed by atoms with Crippen molar-refractivity contribution >= 4 is 28.1 Å². The Bertz CT molecular complexity index is 712. The molecule has 0 spiro atoms. The van der Waals surface area contributed by atoms with Gasteiger partial charge in [-0.05, 0) is 59.8 Å². The van der Waals surface area contributed by atoms with Crippen LogP contribution in [0.5, 0.6) is 5.75 Å². The third kappa shape index (κ3) is 2.52.